The largest absolute Gasteiger partial charge is 0.378 e. The molecule has 0 fully saturated rings. The quantitative estimate of drug-likeness (QED) is 0.488. The van der Waals surface area contributed by atoms with Crippen molar-refractivity contribution in [3.05, 3.63) is 24.3 Å². The molecular weight excluding hydrogens is 121 g/mol. The molecule has 0 amide bonds. The van der Waals surface area contributed by atoms with Crippen LogP contribution < -0.4 is 10.4 Å². The lowest BCUT2D eigenvalue weighted by molar-refractivity contribution is 1.13. The van der Waals surface area contributed by atoms with Crippen molar-refractivity contribution in [2.75, 3.05) is 19.0 Å². The third-order valence-corrected chi connectivity index (χ3v) is 1.55. The summed E-state index contributed by atoms with van der Waals surface area (Å²) in [7, 11) is 6.19. The van der Waals surface area contributed by atoms with Crippen molar-refractivity contribution in [1.29, 1.82) is 0 Å². The van der Waals surface area contributed by atoms with E-state index in [0.29, 0.717) is 0 Å². The molecule has 1 nitrogen and oxygen atoms in total. The topological polar surface area (TPSA) is 3.24 Å². The van der Waals surface area contributed by atoms with E-state index in [4.69, 9.17) is 0 Å². The number of anilines is 1. The summed E-state index contributed by atoms with van der Waals surface area (Å²) in [6.07, 6.45) is 0. The Morgan fingerprint density at radius 2 is 1.60 bits per heavy atom. The van der Waals surface area contributed by atoms with Gasteiger partial charge in [0.1, 0.15) is 7.85 Å². The molecule has 0 aliphatic carbocycles. The van der Waals surface area contributed by atoms with Gasteiger partial charge in [0.05, 0.1) is 0 Å². The summed E-state index contributed by atoms with van der Waals surface area (Å²) in [4.78, 5) is 2.10. The Morgan fingerprint density at radius 1 is 1.10 bits per heavy atom. The van der Waals surface area contributed by atoms with Gasteiger partial charge in [-0.15, -0.1) is 0 Å². The van der Waals surface area contributed by atoms with Crippen molar-refractivity contribution < 1.29 is 0 Å². The molecule has 52 valence electrons. The van der Waals surface area contributed by atoms with Crippen LogP contribution in [0, 0.1) is 0 Å². The minimum absolute atomic E-state index is 1.26. The zero-order valence-corrected chi connectivity index (χ0v) is 6.76. The van der Waals surface area contributed by atoms with Gasteiger partial charge in [-0.2, -0.15) is 0 Å². The lowest BCUT2D eigenvalue weighted by Gasteiger charge is -2.11. The number of hydrogen-bond acceptors (Lipinski definition) is 1. The van der Waals surface area contributed by atoms with Crippen LogP contribution in [0.4, 0.5) is 5.69 Å². The highest BCUT2D eigenvalue weighted by molar-refractivity contribution is 6.32. The number of rotatable bonds is 1. The highest BCUT2D eigenvalue weighted by atomic mass is 15.1. The molecule has 1 aromatic rings. The van der Waals surface area contributed by atoms with E-state index in [1.165, 1.54) is 11.2 Å². The monoisotopic (exact) mass is 133 g/mol. The van der Waals surface area contributed by atoms with Gasteiger partial charge in [-0.1, -0.05) is 17.6 Å². The van der Waals surface area contributed by atoms with Crippen LogP contribution in [0.25, 0.3) is 0 Å². The molecule has 0 aliphatic heterocycles. The third-order valence-electron chi connectivity index (χ3n) is 1.55. The standard InChI is InChI=1S/C8H12BN/c1-10(2)8-5-3-7(9)4-6-8/h3-6H,9H2,1-2H3. The van der Waals surface area contributed by atoms with E-state index >= 15 is 0 Å². The highest BCUT2D eigenvalue weighted by Crippen LogP contribution is 2.06. The van der Waals surface area contributed by atoms with Crippen LogP contribution in [0.15, 0.2) is 24.3 Å². The summed E-state index contributed by atoms with van der Waals surface area (Å²) in [5, 5.41) is 0. The van der Waals surface area contributed by atoms with Gasteiger partial charge in [0, 0.05) is 19.8 Å². The Labute approximate surface area is 63.1 Å². The van der Waals surface area contributed by atoms with Gasteiger partial charge in [-0.05, 0) is 12.1 Å². The fourth-order valence-corrected chi connectivity index (χ4v) is 0.843. The van der Waals surface area contributed by atoms with Crippen molar-refractivity contribution in [3.63, 3.8) is 0 Å². The average Bonchev–Trinajstić information content (AvgIpc) is 1.88. The van der Waals surface area contributed by atoms with Crippen LogP contribution in [0.5, 0.6) is 0 Å². The Bertz CT molecular complexity index is 203. The summed E-state index contributed by atoms with van der Waals surface area (Å²) < 4.78 is 0. The normalized spacial score (nSPS) is 9.40. The molecule has 0 aromatic heterocycles. The molecule has 0 spiro atoms. The van der Waals surface area contributed by atoms with Crippen LogP contribution in [-0.4, -0.2) is 21.9 Å². The fourth-order valence-electron chi connectivity index (χ4n) is 0.843. The second-order valence-corrected chi connectivity index (χ2v) is 2.73. The molecular formula is C8H12BN. The van der Waals surface area contributed by atoms with Crippen LogP contribution >= 0.6 is 0 Å². The van der Waals surface area contributed by atoms with Gasteiger partial charge in [-0.25, -0.2) is 0 Å². The van der Waals surface area contributed by atoms with Crippen molar-refractivity contribution in [2.24, 2.45) is 0 Å². The fraction of sp³-hybridized carbons (Fsp3) is 0.250. The van der Waals surface area contributed by atoms with Crippen LogP contribution in [0.1, 0.15) is 0 Å². The molecule has 1 aromatic carbocycles. The van der Waals surface area contributed by atoms with E-state index in [1.807, 2.05) is 14.1 Å². The van der Waals surface area contributed by atoms with E-state index in [-0.39, 0.29) is 0 Å². The minimum Gasteiger partial charge on any atom is -0.378 e. The molecule has 10 heavy (non-hydrogen) atoms. The summed E-state index contributed by atoms with van der Waals surface area (Å²) in [5.74, 6) is 0. The van der Waals surface area contributed by atoms with Crippen molar-refractivity contribution in [2.45, 2.75) is 0 Å². The first-order valence-electron chi connectivity index (χ1n) is 3.44. The molecule has 0 N–H and O–H groups in total. The van der Waals surface area contributed by atoms with Crippen molar-refractivity contribution >= 4 is 19.0 Å². The molecule has 0 atom stereocenters. The van der Waals surface area contributed by atoms with E-state index in [0.717, 1.165) is 0 Å². The first kappa shape index (κ1) is 7.20. The molecule has 0 unspecified atom stereocenters. The first-order valence-corrected chi connectivity index (χ1v) is 3.44. The van der Waals surface area contributed by atoms with Gasteiger partial charge >= 0.3 is 0 Å². The number of hydrogen-bond donors (Lipinski definition) is 0. The summed E-state index contributed by atoms with van der Waals surface area (Å²) in [6, 6.07) is 8.48. The molecule has 0 radical (unpaired) electrons. The zero-order valence-electron chi connectivity index (χ0n) is 6.76. The highest BCUT2D eigenvalue weighted by Gasteiger charge is 1.90. The SMILES string of the molecule is Bc1ccc(N(C)C)cc1. The second-order valence-electron chi connectivity index (χ2n) is 2.73. The number of nitrogens with zero attached hydrogens (tertiary/aromatic N) is 1. The van der Waals surface area contributed by atoms with Crippen molar-refractivity contribution in [1.82, 2.24) is 0 Å². The van der Waals surface area contributed by atoms with E-state index in [1.54, 1.807) is 0 Å². The Kier molecular flexibility index (Phi) is 2.00. The van der Waals surface area contributed by atoms with E-state index in [2.05, 4.69) is 37.0 Å². The van der Waals surface area contributed by atoms with Gasteiger partial charge in [0.25, 0.3) is 0 Å². The van der Waals surface area contributed by atoms with Gasteiger partial charge in [0.15, 0.2) is 0 Å². The summed E-state index contributed by atoms with van der Waals surface area (Å²) in [6.45, 7) is 0. The maximum Gasteiger partial charge on any atom is 0.139 e. The molecule has 0 heterocycles. The third kappa shape index (κ3) is 1.53. The van der Waals surface area contributed by atoms with Gasteiger partial charge in [0.2, 0.25) is 0 Å². The van der Waals surface area contributed by atoms with Crippen LogP contribution in [-0.2, 0) is 0 Å². The lowest BCUT2D eigenvalue weighted by atomic mass is 9.96. The maximum absolute atomic E-state index is 2.12. The molecule has 0 aliphatic rings. The maximum atomic E-state index is 2.12. The lowest BCUT2D eigenvalue weighted by Crippen LogP contribution is -2.10. The van der Waals surface area contributed by atoms with Gasteiger partial charge < -0.3 is 4.90 Å². The molecule has 0 saturated carbocycles. The Hall–Kier alpha value is -0.915. The van der Waals surface area contributed by atoms with E-state index < -0.39 is 0 Å². The Balaban J connectivity index is 2.89. The second kappa shape index (κ2) is 2.78. The molecule has 0 bridgehead atoms. The molecule has 1 rings (SSSR count). The summed E-state index contributed by atoms with van der Waals surface area (Å²) >= 11 is 0. The average molecular weight is 133 g/mol. The molecule has 2 heteroatoms. The van der Waals surface area contributed by atoms with Gasteiger partial charge in [-0.3, -0.25) is 0 Å². The zero-order chi connectivity index (χ0) is 7.56. The Morgan fingerprint density at radius 3 is 2.00 bits per heavy atom. The number of benzene rings is 1. The van der Waals surface area contributed by atoms with E-state index in [9.17, 15) is 0 Å². The smallest absolute Gasteiger partial charge is 0.139 e. The minimum atomic E-state index is 1.26. The molecule has 0 saturated heterocycles. The van der Waals surface area contributed by atoms with Crippen LogP contribution in [0.2, 0.25) is 0 Å². The summed E-state index contributed by atoms with van der Waals surface area (Å²) in [5.41, 5.74) is 2.57. The van der Waals surface area contributed by atoms with Crippen molar-refractivity contribution in [3.8, 4) is 0 Å². The first-order chi connectivity index (χ1) is 4.70. The predicted molar refractivity (Wildman–Crippen MR) is 48.9 cm³/mol. The van der Waals surface area contributed by atoms with Crippen LogP contribution in [0.3, 0.4) is 0 Å². The predicted octanol–water partition coefficient (Wildman–Crippen LogP) is 0.0110.